The third kappa shape index (κ3) is 1.84. The Morgan fingerprint density at radius 3 is 2.05 bits per heavy atom. The van der Waals surface area contributed by atoms with Gasteiger partial charge in [0, 0.05) is 0 Å². The molecule has 0 aliphatic carbocycles. The lowest BCUT2D eigenvalue weighted by atomic mass is 10.2. The maximum atomic E-state index is 13.5. The molecule has 0 radical (unpaired) electrons. The molecule has 2 aromatic rings. The lowest BCUT2D eigenvalue weighted by Gasteiger charge is -2.00. The van der Waals surface area contributed by atoms with Gasteiger partial charge < -0.3 is 9.63 Å². The first-order chi connectivity index (χ1) is 8.84. The van der Waals surface area contributed by atoms with Gasteiger partial charge in [-0.3, -0.25) is 10.1 Å². The maximum absolute atomic E-state index is 13.5. The Kier molecular flexibility index (Phi) is 2.81. The zero-order valence-corrected chi connectivity index (χ0v) is 8.56. The van der Waals surface area contributed by atoms with E-state index in [2.05, 4.69) is 9.79 Å². The lowest BCUT2D eigenvalue weighted by Crippen LogP contribution is -2.35. The molecule has 0 unspecified atom stereocenters. The topological polar surface area (TPSA) is 96.1 Å². The van der Waals surface area contributed by atoms with E-state index >= 15 is 0 Å². The molecule has 100 valence electrons. The van der Waals surface area contributed by atoms with Crippen molar-refractivity contribution in [3.05, 3.63) is 39.6 Å². The minimum atomic E-state index is -2.22. The van der Waals surface area contributed by atoms with Crippen LogP contribution in [0.25, 0.3) is 5.69 Å². The second kappa shape index (κ2) is 4.19. The van der Waals surface area contributed by atoms with E-state index in [9.17, 15) is 32.8 Å². The average Bonchev–Trinajstić information content (AvgIpc) is 2.73. The summed E-state index contributed by atoms with van der Waals surface area (Å²) in [6, 6.07) is 0. The van der Waals surface area contributed by atoms with Crippen LogP contribution in [0.4, 0.5) is 23.2 Å². The van der Waals surface area contributed by atoms with Crippen LogP contribution in [-0.2, 0) is 0 Å². The third-order valence-electron chi connectivity index (χ3n) is 2.08. The first-order valence-electron chi connectivity index (χ1n) is 4.41. The summed E-state index contributed by atoms with van der Waals surface area (Å²) >= 11 is 0. The molecule has 1 aromatic carbocycles. The Balaban J connectivity index is 2.81. The summed E-state index contributed by atoms with van der Waals surface area (Å²) in [5.74, 6) is -9.74. The molecule has 0 aliphatic rings. The molecule has 0 bridgehead atoms. The van der Waals surface area contributed by atoms with Gasteiger partial charge in [-0.15, -0.1) is 0 Å². The van der Waals surface area contributed by atoms with Gasteiger partial charge >= 0.3 is 11.4 Å². The van der Waals surface area contributed by atoms with Crippen molar-refractivity contribution in [2.45, 2.75) is 0 Å². The number of aromatic nitrogens is 2. The van der Waals surface area contributed by atoms with E-state index in [0.29, 0.717) is 6.20 Å². The van der Waals surface area contributed by atoms with E-state index in [0.717, 1.165) is 0 Å². The van der Waals surface area contributed by atoms with E-state index in [1.54, 1.807) is 0 Å². The van der Waals surface area contributed by atoms with Gasteiger partial charge in [-0.1, -0.05) is 0 Å². The van der Waals surface area contributed by atoms with E-state index in [4.69, 9.17) is 0 Å². The average molecular weight is 279 g/mol. The van der Waals surface area contributed by atoms with Crippen LogP contribution in [0.15, 0.2) is 10.7 Å². The summed E-state index contributed by atoms with van der Waals surface area (Å²) in [4.78, 5) is 8.68. The van der Waals surface area contributed by atoms with Crippen molar-refractivity contribution in [1.82, 2.24) is 5.27 Å². The Labute approximate surface area is 100.0 Å². The third-order valence-corrected chi connectivity index (χ3v) is 2.08. The van der Waals surface area contributed by atoms with Crippen molar-refractivity contribution in [1.29, 1.82) is 0 Å². The molecule has 0 atom stereocenters. The fourth-order valence-corrected chi connectivity index (χ4v) is 1.31. The number of halogens is 4. The molecule has 11 heteroatoms. The zero-order valence-electron chi connectivity index (χ0n) is 8.56. The van der Waals surface area contributed by atoms with Gasteiger partial charge in [-0.2, -0.15) is 17.6 Å². The van der Waals surface area contributed by atoms with Crippen LogP contribution in [0, 0.1) is 33.4 Å². The molecule has 0 N–H and O–H groups in total. The lowest BCUT2D eigenvalue weighted by molar-refractivity contribution is -0.674. The van der Waals surface area contributed by atoms with E-state index in [-0.39, 0.29) is 4.68 Å². The summed E-state index contributed by atoms with van der Waals surface area (Å²) in [6.07, 6.45) is 0.395. The van der Waals surface area contributed by atoms with E-state index in [1.165, 1.54) is 0 Å². The van der Waals surface area contributed by atoms with Gasteiger partial charge in [0.25, 0.3) is 0 Å². The number of rotatable bonds is 2. The van der Waals surface area contributed by atoms with Crippen LogP contribution < -0.4 is 9.79 Å². The Morgan fingerprint density at radius 1 is 1.16 bits per heavy atom. The Hall–Kier alpha value is -2.72. The number of nitrogens with zero attached hydrogens (tertiary/aromatic N) is 3. The molecule has 0 amide bonds. The highest BCUT2D eigenvalue weighted by atomic mass is 19.2. The highest BCUT2D eigenvalue weighted by Crippen LogP contribution is 2.29. The van der Waals surface area contributed by atoms with Crippen LogP contribution in [-0.4, -0.2) is 10.2 Å². The van der Waals surface area contributed by atoms with Crippen LogP contribution in [0.2, 0.25) is 0 Å². The zero-order chi connectivity index (χ0) is 14.3. The summed E-state index contributed by atoms with van der Waals surface area (Å²) in [5.41, 5.74) is -3.42. The second-order valence-corrected chi connectivity index (χ2v) is 3.18. The summed E-state index contributed by atoms with van der Waals surface area (Å²) in [7, 11) is 0. The quantitative estimate of drug-likeness (QED) is 0.262. The van der Waals surface area contributed by atoms with Gasteiger partial charge in [0.15, 0.2) is 0 Å². The van der Waals surface area contributed by atoms with Crippen LogP contribution in [0.3, 0.4) is 0 Å². The standard InChI is InChI=1S/C8HF4N3O4/c9-3-5(11)8(15(17)18)6(12)4(10)7(3)14-1-2(16)19-13-14/h1H. The molecule has 2 rings (SSSR count). The van der Waals surface area contributed by atoms with Crippen molar-refractivity contribution in [2.75, 3.05) is 0 Å². The number of hydrogen-bond donors (Lipinski definition) is 0. The highest BCUT2D eigenvalue weighted by Gasteiger charge is 2.38. The molecule has 7 nitrogen and oxygen atoms in total. The predicted molar refractivity (Wildman–Crippen MR) is 44.0 cm³/mol. The van der Waals surface area contributed by atoms with Crippen LogP contribution >= 0.6 is 0 Å². The smallest absolute Gasteiger partial charge is 0.346 e. The van der Waals surface area contributed by atoms with Gasteiger partial charge in [-0.25, -0.2) is 0 Å². The van der Waals surface area contributed by atoms with E-state index < -0.39 is 45.5 Å². The molecule has 0 saturated heterocycles. The monoisotopic (exact) mass is 279 g/mol. The molecule has 19 heavy (non-hydrogen) atoms. The summed E-state index contributed by atoms with van der Waals surface area (Å²) < 4.78 is 57.5. The summed E-state index contributed by atoms with van der Waals surface area (Å²) in [5, 5.41) is 23.8. The highest BCUT2D eigenvalue weighted by molar-refractivity contribution is 5.42. The van der Waals surface area contributed by atoms with Crippen LogP contribution in [0.1, 0.15) is 0 Å². The predicted octanol–water partition coefficient (Wildman–Crippen LogP) is 0.490. The molecule has 1 heterocycles. The normalized spacial score (nSPS) is 10.7. The first-order valence-corrected chi connectivity index (χ1v) is 4.41. The minimum absolute atomic E-state index is 0.0862. The second-order valence-electron chi connectivity index (χ2n) is 3.18. The first kappa shape index (κ1) is 12.7. The number of benzene rings is 1. The molecule has 0 fully saturated rings. The SMILES string of the molecule is O=[N+]([O-])c1c(F)c(F)c(-[n+]2cc([O-])on2)c(F)c1F. The Bertz CT molecular complexity index is 658. The van der Waals surface area contributed by atoms with Gasteiger partial charge in [0.05, 0.1) is 10.2 Å². The largest absolute Gasteiger partial charge is 0.539 e. The maximum Gasteiger partial charge on any atom is 0.346 e. The minimum Gasteiger partial charge on any atom is -0.539 e. The van der Waals surface area contributed by atoms with Crippen molar-refractivity contribution in [3.8, 4) is 11.6 Å². The molecule has 1 aromatic heterocycles. The molecule has 0 saturated carbocycles. The summed E-state index contributed by atoms with van der Waals surface area (Å²) in [6.45, 7) is 0. The van der Waals surface area contributed by atoms with Crippen molar-refractivity contribution in [2.24, 2.45) is 0 Å². The fraction of sp³-hybridized carbons (Fsp3) is 0. The van der Waals surface area contributed by atoms with Crippen LogP contribution in [0.5, 0.6) is 5.95 Å². The molecule has 0 spiro atoms. The number of hydrogen-bond acceptors (Lipinski definition) is 5. The fourth-order valence-electron chi connectivity index (χ4n) is 1.31. The number of nitro benzene ring substituents is 1. The van der Waals surface area contributed by atoms with Crippen molar-refractivity contribution in [3.63, 3.8) is 0 Å². The molecular weight excluding hydrogens is 278 g/mol. The van der Waals surface area contributed by atoms with E-state index in [1.807, 2.05) is 0 Å². The molecular formula is C8HF4N3O4. The van der Waals surface area contributed by atoms with Gasteiger partial charge in [0.1, 0.15) is 5.95 Å². The Morgan fingerprint density at radius 2 is 1.68 bits per heavy atom. The van der Waals surface area contributed by atoms with Gasteiger partial charge in [-0.05, 0) is 4.68 Å². The molecule has 0 aliphatic heterocycles. The van der Waals surface area contributed by atoms with Gasteiger partial charge in [0.2, 0.25) is 29.5 Å². The van der Waals surface area contributed by atoms with Crippen molar-refractivity contribution >= 4 is 5.69 Å². The number of nitro groups is 1. The van der Waals surface area contributed by atoms with Crippen molar-refractivity contribution < 1.29 is 36.8 Å².